The summed E-state index contributed by atoms with van der Waals surface area (Å²) in [4.78, 5) is 23.9. The van der Waals surface area contributed by atoms with Crippen molar-refractivity contribution in [2.75, 3.05) is 18.4 Å². The third kappa shape index (κ3) is 7.62. The first-order valence-corrected chi connectivity index (χ1v) is 12.7. The molecule has 202 valence electrons. The highest BCUT2D eigenvalue weighted by Crippen LogP contribution is 2.38. The van der Waals surface area contributed by atoms with Crippen LogP contribution in [0.1, 0.15) is 49.3 Å². The van der Waals surface area contributed by atoms with E-state index in [9.17, 15) is 9.59 Å². The number of aliphatic hydroxyl groups excluding tert-OH is 2. The quantitative estimate of drug-likeness (QED) is 0.277. The zero-order valence-corrected chi connectivity index (χ0v) is 21.4. The molecular weight excluding hydrogens is 502 g/mol. The Hall–Kier alpha value is -2.76. The SMILES string of the molecule is CC(Nc1c(Cl)ccc2c1CCNCC2)(OC1CCCC1)c1cccnc1.O=C(O)C(O)C(O)C(=O)O. The van der Waals surface area contributed by atoms with Crippen molar-refractivity contribution in [2.24, 2.45) is 0 Å². The second kappa shape index (κ2) is 13.2. The van der Waals surface area contributed by atoms with E-state index in [-0.39, 0.29) is 6.10 Å². The molecule has 0 saturated heterocycles. The van der Waals surface area contributed by atoms with Crippen LogP contribution in [0, 0.1) is 0 Å². The third-order valence-electron chi connectivity index (χ3n) is 6.57. The molecule has 3 unspecified atom stereocenters. The average molecular weight is 536 g/mol. The first kappa shape index (κ1) is 28.8. The van der Waals surface area contributed by atoms with Gasteiger partial charge in [0.1, 0.15) is 0 Å². The van der Waals surface area contributed by atoms with Gasteiger partial charge in [-0.15, -0.1) is 0 Å². The van der Waals surface area contributed by atoms with Crippen LogP contribution in [-0.2, 0) is 32.9 Å². The largest absolute Gasteiger partial charge is 0.479 e. The number of carboxylic acids is 2. The lowest BCUT2D eigenvalue weighted by Crippen LogP contribution is -2.39. The maximum Gasteiger partial charge on any atom is 0.335 e. The van der Waals surface area contributed by atoms with Gasteiger partial charge in [0, 0.05) is 18.0 Å². The average Bonchev–Trinajstić information content (AvgIpc) is 3.27. The normalized spacial score (nSPS) is 18.8. The van der Waals surface area contributed by atoms with Crippen molar-refractivity contribution in [2.45, 2.75) is 69.5 Å². The summed E-state index contributed by atoms with van der Waals surface area (Å²) < 4.78 is 6.64. The van der Waals surface area contributed by atoms with Gasteiger partial charge >= 0.3 is 11.9 Å². The van der Waals surface area contributed by atoms with Gasteiger partial charge in [0.2, 0.25) is 0 Å². The summed E-state index contributed by atoms with van der Waals surface area (Å²) in [6.07, 6.45) is 6.11. The molecule has 2 aromatic rings. The van der Waals surface area contributed by atoms with Crippen molar-refractivity contribution in [1.82, 2.24) is 10.3 Å². The number of aliphatic carboxylic acids is 2. The molecule has 11 heteroatoms. The summed E-state index contributed by atoms with van der Waals surface area (Å²) in [6, 6.07) is 8.21. The third-order valence-corrected chi connectivity index (χ3v) is 6.88. The molecule has 0 bridgehead atoms. The van der Waals surface area contributed by atoms with Crippen LogP contribution < -0.4 is 10.6 Å². The Balaban J connectivity index is 0.000000325. The Bertz CT molecular complexity index is 1050. The predicted octanol–water partition coefficient (Wildman–Crippen LogP) is 2.54. The number of nitrogens with one attached hydrogen (secondary N) is 2. The topological polar surface area (TPSA) is 161 Å². The number of hydrogen-bond donors (Lipinski definition) is 6. The fourth-order valence-electron chi connectivity index (χ4n) is 4.54. The van der Waals surface area contributed by atoms with E-state index in [0.717, 1.165) is 55.0 Å². The monoisotopic (exact) mass is 535 g/mol. The van der Waals surface area contributed by atoms with Gasteiger partial charge < -0.3 is 35.8 Å². The van der Waals surface area contributed by atoms with Gasteiger partial charge in [-0.05, 0) is 69.0 Å². The van der Waals surface area contributed by atoms with E-state index < -0.39 is 29.9 Å². The standard InChI is InChI=1S/C22H28ClN3O.C4H6O6/c1-22(17-5-4-12-25-15-17,27-18-6-2-3-7-18)26-21-19-11-14-24-13-10-16(19)8-9-20(21)23;5-1(3(7)8)2(6)4(9)10/h4-5,8-9,12,15,18,24,26H,2-3,6-7,10-11,13-14H2,1H3;1-2,5-6H,(H,7,8)(H,9,10). The van der Waals surface area contributed by atoms with Crippen molar-refractivity contribution in [3.05, 3.63) is 58.4 Å². The zero-order valence-electron chi connectivity index (χ0n) is 20.7. The molecule has 4 rings (SSSR count). The Morgan fingerprint density at radius 3 is 2.35 bits per heavy atom. The second-order valence-electron chi connectivity index (χ2n) is 9.30. The van der Waals surface area contributed by atoms with E-state index in [1.807, 2.05) is 18.3 Å². The van der Waals surface area contributed by atoms with Crippen LogP contribution in [0.15, 0.2) is 36.7 Å². The van der Waals surface area contributed by atoms with Crippen LogP contribution >= 0.6 is 11.6 Å². The van der Waals surface area contributed by atoms with Crippen LogP contribution in [-0.4, -0.2) is 68.8 Å². The number of aliphatic hydroxyl groups is 2. The number of pyridine rings is 1. The number of ether oxygens (including phenoxy) is 1. The van der Waals surface area contributed by atoms with Gasteiger partial charge in [-0.3, -0.25) is 4.98 Å². The fraction of sp³-hybridized carbons (Fsp3) is 0.500. The number of carboxylic acid groups (broad SMARTS) is 2. The summed E-state index contributed by atoms with van der Waals surface area (Å²) >= 11 is 6.67. The van der Waals surface area contributed by atoms with Gasteiger partial charge in [0.15, 0.2) is 17.9 Å². The molecule has 0 spiro atoms. The number of aromatic nitrogens is 1. The van der Waals surface area contributed by atoms with E-state index in [4.69, 9.17) is 36.8 Å². The van der Waals surface area contributed by atoms with Crippen molar-refractivity contribution >= 4 is 29.2 Å². The first-order valence-electron chi connectivity index (χ1n) is 12.3. The smallest absolute Gasteiger partial charge is 0.335 e. The van der Waals surface area contributed by atoms with Gasteiger partial charge in [-0.2, -0.15) is 0 Å². The molecule has 0 radical (unpaired) electrons. The molecular formula is C26H34ClN3O7. The lowest BCUT2D eigenvalue weighted by molar-refractivity contribution is -0.165. The van der Waals surface area contributed by atoms with Gasteiger partial charge in [0.05, 0.1) is 16.8 Å². The maximum absolute atomic E-state index is 9.77. The van der Waals surface area contributed by atoms with E-state index >= 15 is 0 Å². The lowest BCUT2D eigenvalue weighted by Gasteiger charge is -2.36. The molecule has 1 aliphatic carbocycles. The lowest BCUT2D eigenvalue weighted by atomic mass is 9.98. The molecule has 6 N–H and O–H groups in total. The Morgan fingerprint density at radius 1 is 1.11 bits per heavy atom. The molecule has 1 aromatic carbocycles. The molecule has 37 heavy (non-hydrogen) atoms. The number of anilines is 1. The number of carbonyl (C=O) groups is 2. The molecule has 2 aliphatic rings. The van der Waals surface area contributed by atoms with E-state index in [2.05, 4.69) is 34.7 Å². The molecule has 2 heterocycles. The molecule has 3 atom stereocenters. The van der Waals surface area contributed by atoms with E-state index in [0.29, 0.717) is 0 Å². The highest BCUT2D eigenvalue weighted by Gasteiger charge is 2.34. The van der Waals surface area contributed by atoms with Gasteiger partial charge in [-0.25, -0.2) is 9.59 Å². The summed E-state index contributed by atoms with van der Waals surface area (Å²) in [6.45, 7) is 4.08. The maximum atomic E-state index is 9.77. The molecule has 1 fully saturated rings. The number of benzene rings is 1. The summed E-state index contributed by atoms with van der Waals surface area (Å²) in [5.41, 5.74) is 4.03. The van der Waals surface area contributed by atoms with Crippen molar-refractivity contribution in [3.8, 4) is 0 Å². The summed E-state index contributed by atoms with van der Waals surface area (Å²) in [5, 5.41) is 40.5. The number of hydrogen-bond acceptors (Lipinski definition) is 8. The van der Waals surface area contributed by atoms with Crippen LogP contribution in [0.2, 0.25) is 5.02 Å². The molecule has 0 amide bonds. The number of halogens is 1. The van der Waals surface area contributed by atoms with Gasteiger partial charge in [0.25, 0.3) is 0 Å². The van der Waals surface area contributed by atoms with Crippen LogP contribution in [0.5, 0.6) is 0 Å². The zero-order chi connectivity index (χ0) is 27.0. The Kier molecular flexibility index (Phi) is 10.2. The Morgan fingerprint density at radius 2 is 1.76 bits per heavy atom. The minimum Gasteiger partial charge on any atom is -0.479 e. The van der Waals surface area contributed by atoms with Crippen LogP contribution in [0.3, 0.4) is 0 Å². The fourth-order valence-corrected chi connectivity index (χ4v) is 4.77. The second-order valence-corrected chi connectivity index (χ2v) is 9.71. The highest BCUT2D eigenvalue weighted by atomic mass is 35.5. The van der Waals surface area contributed by atoms with Crippen molar-refractivity contribution in [1.29, 1.82) is 0 Å². The number of fused-ring (bicyclic) bond motifs is 1. The van der Waals surface area contributed by atoms with Crippen molar-refractivity contribution < 1.29 is 34.8 Å². The van der Waals surface area contributed by atoms with Gasteiger partial charge in [-0.1, -0.05) is 36.6 Å². The molecule has 1 saturated carbocycles. The Labute approximate surface area is 220 Å². The summed E-state index contributed by atoms with van der Waals surface area (Å²) in [5.74, 6) is -3.54. The van der Waals surface area contributed by atoms with Crippen LogP contribution in [0.4, 0.5) is 5.69 Å². The molecule has 1 aromatic heterocycles. The van der Waals surface area contributed by atoms with Crippen LogP contribution in [0.25, 0.3) is 0 Å². The van der Waals surface area contributed by atoms with Crippen molar-refractivity contribution in [3.63, 3.8) is 0 Å². The van der Waals surface area contributed by atoms with E-state index in [1.54, 1.807) is 6.20 Å². The number of rotatable bonds is 8. The minimum absolute atomic E-state index is 0.269. The number of nitrogens with zero attached hydrogens (tertiary/aromatic N) is 1. The summed E-state index contributed by atoms with van der Waals surface area (Å²) in [7, 11) is 0. The predicted molar refractivity (Wildman–Crippen MR) is 138 cm³/mol. The molecule has 1 aliphatic heterocycles. The first-order chi connectivity index (χ1) is 17.6. The molecule has 10 nitrogen and oxygen atoms in total. The van der Waals surface area contributed by atoms with E-state index in [1.165, 1.54) is 24.0 Å². The highest BCUT2D eigenvalue weighted by molar-refractivity contribution is 6.33. The minimum atomic E-state index is -2.27.